The Bertz CT molecular complexity index is 1020. The van der Waals surface area contributed by atoms with Gasteiger partial charge in [0.05, 0.1) is 5.69 Å². The van der Waals surface area contributed by atoms with E-state index in [1.807, 2.05) is 24.3 Å². The number of benzene rings is 2. The number of amides is 1. The lowest BCUT2D eigenvalue weighted by atomic mass is 10.1. The molecule has 0 aliphatic heterocycles. The van der Waals surface area contributed by atoms with Crippen LogP contribution in [0.5, 0.6) is 5.75 Å². The third kappa shape index (κ3) is 4.48. The van der Waals surface area contributed by atoms with Gasteiger partial charge in [-0.05, 0) is 36.2 Å². The van der Waals surface area contributed by atoms with Crippen LogP contribution in [0.3, 0.4) is 0 Å². The first-order valence-electron chi connectivity index (χ1n) is 8.66. The second-order valence-corrected chi connectivity index (χ2v) is 6.57. The number of hydrogen-bond donors (Lipinski definition) is 2. The number of ether oxygens (including phenoxy) is 1. The van der Waals surface area contributed by atoms with E-state index < -0.39 is 12.5 Å². The SMILES string of the molecule is O=C(O)NC1CC1c1ccc(-c2ncn(-c3ccc(OC(F)(F)F)cc3)n2)cc1. The highest BCUT2D eigenvalue weighted by Crippen LogP contribution is 2.41. The van der Waals surface area contributed by atoms with Gasteiger partial charge in [0.25, 0.3) is 0 Å². The fraction of sp³-hybridized carbons (Fsp3) is 0.211. The summed E-state index contributed by atoms with van der Waals surface area (Å²) < 4.78 is 42.0. The molecule has 0 bridgehead atoms. The van der Waals surface area contributed by atoms with Crippen LogP contribution in [-0.4, -0.2) is 38.4 Å². The molecule has 1 heterocycles. The van der Waals surface area contributed by atoms with E-state index in [0.29, 0.717) is 11.5 Å². The molecule has 2 N–H and O–H groups in total. The number of aromatic nitrogens is 3. The van der Waals surface area contributed by atoms with Crippen molar-refractivity contribution < 1.29 is 27.8 Å². The molecule has 1 fully saturated rings. The summed E-state index contributed by atoms with van der Waals surface area (Å²) in [5.74, 6) is 0.319. The number of carboxylic acid groups (broad SMARTS) is 1. The van der Waals surface area contributed by atoms with Crippen molar-refractivity contribution in [2.45, 2.75) is 24.7 Å². The summed E-state index contributed by atoms with van der Waals surface area (Å²) in [4.78, 5) is 14.9. The standard InChI is InChI=1S/C19H15F3N4O3/c20-19(21,22)29-14-7-5-13(6-8-14)26-10-23-17(25-26)12-3-1-11(2-4-12)15-9-16(15)24-18(27)28/h1-8,10,15-16,24H,9H2,(H,27,28). The Kier molecular flexibility index (Phi) is 4.61. The van der Waals surface area contributed by atoms with E-state index in [2.05, 4.69) is 20.1 Å². The van der Waals surface area contributed by atoms with E-state index in [1.54, 1.807) is 0 Å². The maximum atomic E-state index is 12.2. The smallest absolute Gasteiger partial charge is 0.465 e. The highest BCUT2D eigenvalue weighted by atomic mass is 19.4. The molecular weight excluding hydrogens is 389 g/mol. The van der Waals surface area contributed by atoms with Crippen LogP contribution in [-0.2, 0) is 0 Å². The van der Waals surface area contributed by atoms with E-state index in [9.17, 15) is 18.0 Å². The lowest BCUT2D eigenvalue weighted by Crippen LogP contribution is -2.24. The van der Waals surface area contributed by atoms with Crippen molar-refractivity contribution in [2.75, 3.05) is 0 Å². The maximum Gasteiger partial charge on any atom is 0.573 e. The number of hydrogen-bond acceptors (Lipinski definition) is 4. The van der Waals surface area contributed by atoms with E-state index in [-0.39, 0.29) is 17.7 Å². The van der Waals surface area contributed by atoms with Crippen LogP contribution < -0.4 is 10.1 Å². The van der Waals surface area contributed by atoms with Gasteiger partial charge < -0.3 is 15.2 Å². The first-order valence-corrected chi connectivity index (χ1v) is 8.66. The van der Waals surface area contributed by atoms with Crippen LogP contribution in [0.25, 0.3) is 17.1 Å². The second kappa shape index (κ2) is 7.12. The molecule has 2 aromatic carbocycles. The average Bonchev–Trinajstić information content (AvgIpc) is 3.23. The highest BCUT2D eigenvalue weighted by Gasteiger charge is 2.39. The molecule has 29 heavy (non-hydrogen) atoms. The van der Waals surface area contributed by atoms with Crippen molar-refractivity contribution in [3.63, 3.8) is 0 Å². The molecule has 10 heteroatoms. The predicted octanol–water partition coefficient (Wildman–Crippen LogP) is 3.96. The Morgan fingerprint density at radius 2 is 1.83 bits per heavy atom. The normalized spacial score (nSPS) is 18.3. The number of nitrogens with one attached hydrogen (secondary N) is 1. The molecular formula is C19H15F3N4O3. The topological polar surface area (TPSA) is 89.3 Å². The lowest BCUT2D eigenvalue weighted by molar-refractivity contribution is -0.274. The van der Waals surface area contributed by atoms with Crippen molar-refractivity contribution >= 4 is 6.09 Å². The van der Waals surface area contributed by atoms with Gasteiger partial charge in [-0.25, -0.2) is 14.5 Å². The molecule has 7 nitrogen and oxygen atoms in total. The first-order chi connectivity index (χ1) is 13.8. The molecule has 1 saturated carbocycles. The van der Waals surface area contributed by atoms with Gasteiger partial charge in [-0.3, -0.25) is 0 Å². The summed E-state index contributed by atoms with van der Waals surface area (Å²) in [5, 5.41) is 15.6. The average molecular weight is 404 g/mol. The minimum absolute atomic E-state index is 0.0556. The third-order valence-corrected chi connectivity index (χ3v) is 4.52. The van der Waals surface area contributed by atoms with Gasteiger partial charge >= 0.3 is 12.5 Å². The molecule has 2 atom stereocenters. The van der Waals surface area contributed by atoms with Crippen molar-refractivity contribution in [3.8, 4) is 22.8 Å². The molecule has 3 aromatic rings. The van der Waals surface area contributed by atoms with E-state index in [1.165, 1.54) is 35.3 Å². The van der Waals surface area contributed by atoms with Crippen molar-refractivity contribution in [1.82, 2.24) is 20.1 Å². The summed E-state index contributed by atoms with van der Waals surface area (Å²) in [6.07, 6.45) is -3.52. The number of carbonyl (C=O) groups is 1. The number of rotatable bonds is 5. The van der Waals surface area contributed by atoms with Gasteiger partial charge in [0.2, 0.25) is 0 Å². The van der Waals surface area contributed by atoms with Gasteiger partial charge in [0, 0.05) is 17.5 Å². The van der Waals surface area contributed by atoms with Crippen LogP contribution in [0.4, 0.5) is 18.0 Å². The molecule has 1 aliphatic carbocycles. The van der Waals surface area contributed by atoms with Crippen LogP contribution >= 0.6 is 0 Å². The number of alkyl halides is 3. The zero-order valence-electron chi connectivity index (χ0n) is 14.8. The first kappa shape index (κ1) is 18.8. The van der Waals surface area contributed by atoms with E-state index in [4.69, 9.17) is 5.11 Å². The predicted molar refractivity (Wildman–Crippen MR) is 95.8 cm³/mol. The summed E-state index contributed by atoms with van der Waals surface area (Å²) >= 11 is 0. The lowest BCUT2D eigenvalue weighted by Gasteiger charge is -2.09. The summed E-state index contributed by atoms with van der Waals surface area (Å²) in [6, 6.07) is 12.8. The van der Waals surface area contributed by atoms with Crippen LogP contribution in [0, 0.1) is 0 Å². The molecule has 1 amide bonds. The van der Waals surface area contributed by atoms with Crippen molar-refractivity contribution in [2.24, 2.45) is 0 Å². The molecule has 0 radical (unpaired) electrons. The molecule has 0 spiro atoms. The van der Waals surface area contributed by atoms with Gasteiger partial charge in [-0.1, -0.05) is 24.3 Å². The second-order valence-electron chi connectivity index (χ2n) is 6.57. The number of halogens is 3. The van der Waals surface area contributed by atoms with E-state index >= 15 is 0 Å². The van der Waals surface area contributed by atoms with Gasteiger partial charge in [0.1, 0.15) is 12.1 Å². The summed E-state index contributed by atoms with van der Waals surface area (Å²) in [7, 11) is 0. The van der Waals surface area contributed by atoms with Crippen LogP contribution in [0.15, 0.2) is 54.9 Å². The molecule has 150 valence electrons. The van der Waals surface area contributed by atoms with Gasteiger partial charge in [-0.2, -0.15) is 0 Å². The molecule has 0 saturated heterocycles. The zero-order valence-corrected chi connectivity index (χ0v) is 14.8. The quantitative estimate of drug-likeness (QED) is 0.672. The zero-order chi connectivity index (χ0) is 20.6. The molecule has 4 rings (SSSR count). The minimum atomic E-state index is -4.74. The van der Waals surface area contributed by atoms with E-state index in [0.717, 1.165) is 17.5 Å². The maximum absolute atomic E-state index is 12.2. The summed E-state index contributed by atoms with van der Waals surface area (Å²) in [5.41, 5.74) is 2.34. The van der Waals surface area contributed by atoms with Gasteiger partial charge in [0.15, 0.2) is 5.82 Å². The third-order valence-electron chi connectivity index (χ3n) is 4.52. The Labute approximate surface area is 162 Å². The fourth-order valence-electron chi connectivity index (χ4n) is 3.08. The van der Waals surface area contributed by atoms with Crippen molar-refractivity contribution in [1.29, 1.82) is 0 Å². The number of nitrogens with zero attached hydrogens (tertiary/aromatic N) is 3. The Morgan fingerprint density at radius 3 is 2.45 bits per heavy atom. The summed E-state index contributed by atoms with van der Waals surface area (Å²) in [6.45, 7) is 0. The van der Waals surface area contributed by atoms with Gasteiger partial charge in [-0.15, -0.1) is 18.3 Å². The molecule has 2 unspecified atom stereocenters. The molecule has 1 aromatic heterocycles. The monoisotopic (exact) mass is 404 g/mol. The Morgan fingerprint density at radius 1 is 1.14 bits per heavy atom. The Balaban J connectivity index is 1.44. The van der Waals surface area contributed by atoms with Crippen LogP contribution in [0.1, 0.15) is 17.9 Å². The fourth-order valence-corrected chi connectivity index (χ4v) is 3.08. The highest BCUT2D eigenvalue weighted by molar-refractivity contribution is 5.66. The van der Waals surface area contributed by atoms with Crippen LogP contribution in [0.2, 0.25) is 0 Å². The minimum Gasteiger partial charge on any atom is -0.465 e. The Hall–Kier alpha value is -3.56. The molecule has 1 aliphatic rings. The van der Waals surface area contributed by atoms with Crippen molar-refractivity contribution in [3.05, 3.63) is 60.4 Å². The largest absolute Gasteiger partial charge is 0.573 e.